The van der Waals surface area contributed by atoms with Crippen molar-refractivity contribution in [2.24, 2.45) is 4.99 Å². The number of halogens is 1. The molecular weight excluding hydrogens is 411 g/mol. The number of fused-ring (bicyclic) bond motifs is 1. The molecule has 0 unspecified atom stereocenters. The maximum absolute atomic E-state index is 4.49. The van der Waals surface area contributed by atoms with Gasteiger partial charge in [-0.25, -0.2) is 0 Å². The monoisotopic (exact) mass is 442 g/mol. The highest BCUT2D eigenvalue weighted by Gasteiger charge is 2.22. The van der Waals surface area contributed by atoms with Gasteiger partial charge in [-0.3, -0.25) is 4.99 Å². The largest absolute Gasteiger partial charge is 0.356 e. The van der Waals surface area contributed by atoms with Gasteiger partial charge in [0.1, 0.15) is 0 Å². The van der Waals surface area contributed by atoms with Crippen molar-refractivity contribution < 1.29 is 0 Å². The van der Waals surface area contributed by atoms with E-state index in [4.69, 9.17) is 0 Å². The van der Waals surface area contributed by atoms with Gasteiger partial charge in [0.25, 0.3) is 0 Å². The Balaban J connectivity index is 0.00000208. The standard InChI is InChI=1S/C19H30N4.HI/c1-20-19(23-16-11-17-9-4-5-10-18(17)23)21-12-8-15-22-13-6-2-3-7-14-22;/h4-5,9-10H,2-3,6-8,11-16H2,1H3,(H,20,21);1H. The lowest BCUT2D eigenvalue weighted by Crippen LogP contribution is -2.41. The molecule has 0 atom stereocenters. The zero-order valence-electron chi connectivity index (χ0n) is 14.8. The second-order valence-corrected chi connectivity index (χ2v) is 6.61. The van der Waals surface area contributed by atoms with Crippen LogP contribution in [0.4, 0.5) is 5.69 Å². The minimum Gasteiger partial charge on any atom is -0.356 e. The minimum absolute atomic E-state index is 0. The molecule has 3 rings (SSSR count). The first kappa shape index (κ1) is 19.5. The summed E-state index contributed by atoms with van der Waals surface area (Å²) in [6, 6.07) is 8.66. The molecule has 1 fully saturated rings. The number of hydrogen-bond acceptors (Lipinski definition) is 2. The van der Waals surface area contributed by atoms with E-state index in [9.17, 15) is 0 Å². The molecule has 1 N–H and O–H groups in total. The summed E-state index contributed by atoms with van der Waals surface area (Å²) in [5.41, 5.74) is 2.74. The molecule has 24 heavy (non-hydrogen) atoms. The molecular formula is C19H31IN4. The normalized spacial score (nSPS) is 18.7. The van der Waals surface area contributed by atoms with Crippen LogP contribution >= 0.6 is 24.0 Å². The van der Waals surface area contributed by atoms with E-state index in [1.165, 1.54) is 63.0 Å². The van der Waals surface area contributed by atoms with Gasteiger partial charge in [-0.15, -0.1) is 24.0 Å². The van der Waals surface area contributed by atoms with E-state index in [-0.39, 0.29) is 24.0 Å². The number of hydrogen-bond donors (Lipinski definition) is 1. The zero-order chi connectivity index (χ0) is 15.9. The summed E-state index contributed by atoms with van der Waals surface area (Å²) in [4.78, 5) is 9.43. The maximum atomic E-state index is 4.49. The Labute approximate surface area is 163 Å². The number of anilines is 1. The first-order valence-electron chi connectivity index (χ1n) is 9.17. The van der Waals surface area contributed by atoms with E-state index in [0.29, 0.717) is 0 Å². The minimum atomic E-state index is 0. The van der Waals surface area contributed by atoms with E-state index in [1.54, 1.807) is 0 Å². The van der Waals surface area contributed by atoms with Crippen molar-refractivity contribution in [3.8, 4) is 0 Å². The van der Waals surface area contributed by atoms with Crippen LogP contribution in [0.3, 0.4) is 0 Å². The highest BCUT2D eigenvalue weighted by Crippen LogP contribution is 2.27. The van der Waals surface area contributed by atoms with Crippen LogP contribution in [-0.4, -0.2) is 50.6 Å². The summed E-state index contributed by atoms with van der Waals surface area (Å²) in [6.07, 6.45) is 7.88. The SMILES string of the molecule is CN=C(NCCCN1CCCCCC1)N1CCc2ccccc21.I. The molecule has 0 bridgehead atoms. The zero-order valence-corrected chi connectivity index (χ0v) is 17.2. The number of guanidine groups is 1. The molecule has 1 aromatic carbocycles. The molecule has 0 aliphatic carbocycles. The molecule has 0 saturated carbocycles. The lowest BCUT2D eigenvalue weighted by atomic mass is 10.2. The molecule has 5 heteroatoms. The van der Waals surface area contributed by atoms with Crippen LogP contribution in [0.15, 0.2) is 29.3 Å². The average molecular weight is 442 g/mol. The molecule has 2 heterocycles. The summed E-state index contributed by atoms with van der Waals surface area (Å²) in [5, 5.41) is 3.56. The van der Waals surface area contributed by atoms with Gasteiger partial charge in [-0.1, -0.05) is 31.0 Å². The number of nitrogens with zero attached hydrogens (tertiary/aromatic N) is 3. The number of rotatable bonds is 4. The van der Waals surface area contributed by atoms with Gasteiger partial charge < -0.3 is 15.1 Å². The third-order valence-corrected chi connectivity index (χ3v) is 4.99. The number of benzene rings is 1. The maximum Gasteiger partial charge on any atom is 0.198 e. The first-order valence-corrected chi connectivity index (χ1v) is 9.17. The molecule has 134 valence electrons. The second-order valence-electron chi connectivity index (χ2n) is 6.61. The van der Waals surface area contributed by atoms with E-state index in [0.717, 1.165) is 25.5 Å². The molecule has 4 nitrogen and oxygen atoms in total. The van der Waals surface area contributed by atoms with Crippen molar-refractivity contribution in [3.05, 3.63) is 29.8 Å². The fourth-order valence-corrected chi connectivity index (χ4v) is 3.72. The van der Waals surface area contributed by atoms with E-state index < -0.39 is 0 Å². The molecule has 0 spiro atoms. The van der Waals surface area contributed by atoms with E-state index >= 15 is 0 Å². The van der Waals surface area contributed by atoms with Gasteiger partial charge in [-0.2, -0.15) is 0 Å². The third-order valence-electron chi connectivity index (χ3n) is 4.99. The van der Waals surface area contributed by atoms with Crippen LogP contribution in [0.25, 0.3) is 0 Å². The van der Waals surface area contributed by atoms with Gasteiger partial charge >= 0.3 is 0 Å². The Morgan fingerprint density at radius 3 is 2.58 bits per heavy atom. The molecule has 0 aromatic heterocycles. The van der Waals surface area contributed by atoms with Crippen LogP contribution in [-0.2, 0) is 6.42 Å². The van der Waals surface area contributed by atoms with Crippen LogP contribution in [0, 0.1) is 0 Å². The van der Waals surface area contributed by atoms with E-state index in [2.05, 4.69) is 44.4 Å². The van der Waals surface area contributed by atoms with Crippen molar-refractivity contribution in [1.82, 2.24) is 10.2 Å². The number of aliphatic imine (C=N–C) groups is 1. The van der Waals surface area contributed by atoms with Gasteiger partial charge in [0, 0.05) is 25.8 Å². The molecule has 2 aliphatic heterocycles. The van der Waals surface area contributed by atoms with Crippen LogP contribution in [0.2, 0.25) is 0 Å². The lowest BCUT2D eigenvalue weighted by Gasteiger charge is -2.23. The van der Waals surface area contributed by atoms with E-state index in [1.807, 2.05) is 7.05 Å². The van der Waals surface area contributed by atoms with Crippen molar-refractivity contribution in [2.75, 3.05) is 44.7 Å². The van der Waals surface area contributed by atoms with Crippen molar-refractivity contribution in [3.63, 3.8) is 0 Å². The molecule has 2 aliphatic rings. The first-order chi connectivity index (χ1) is 11.4. The Morgan fingerprint density at radius 1 is 1.08 bits per heavy atom. The summed E-state index contributed by atoms with van der Waals surface area (Å²) < 4.78 is 0. The smallest absolute Gasteiger partial charge is 0.198 e. The predicted molar refractivity (Wildman–Crippen MR) is 114 cm³/mol. The van der Waals surface area contributed by atoms with Crippen molar-refractivity contribution in [2.45, 2.75) is 38.5 Å². The average Bonchev–Trinajstić information content (AvgIpc) is 2.83. The Kier molecular flexibility index (Phi) is 8.32. The van der Waals surface area contributed by atoms with Gasteiger partial charge in [-0.05, 0) is 56.9 Å². The summed E-state index contributed by atoms with van der Waals surface area (Å²) in [7, 11) is 1.89. The highest BCUT2D eigenvalue weighted by molar-refractivity contribution is 14.0. The predicted octanol–water partition coefficient (Wildman–Crippen LogP) is 3.51. The highest BCUT2D eigenvalue weighted by atomic mass is 127. The Hall–Kier alpha value is -0.820. The molecule has 1 aromatic rings. The van der Waals surface area contributed by atoms with Gasteiger partial charge in [0.15, 0.2) is 5.96 Å². The number of nitrogens with one attached hydrogen (secondary N) is 1. The number of likely N-dealkylation sites (tertiary alicyclic amines) is 1. The van der Waals surface area contributed by atoms with Crippen molar-refractivity contribution >= 4 is 35.6 Å². The molecule has 1 saturated heterocycles. The fraction of sp³-hybridized carbons (Fsp3) is 0.632. The fourth-order valence-electron chi connectivity index (χ4n) is 3.72. The molecule has 0 radical (unpaired) electrons. The summed E-state index contributed by atoms with van der Waals surface area (Å²) >= 11 is 0. The second kappa shape index (κ2) is 10.2. The van der Waals surface area contributed by atoms with Gasteiger partial charge in [0.2, 0.25) is 0 Å². The summed E-state index contributed by atoms with van der Waals surface area (Å²) in [5.74, 6) is 1.02. The lowest BCUT2D eigenvalue weighted by molar-refractivity contribution is 0.282. The van der Waals surface area contributed by atoms with Crippen LogP contribution in [0.5, 0.6) is 0 Å². The van der Waals surface area contributed by atoms with Crippen LogP contribution in [0.1, 0.15) is 37.7 Å². The third kappa shape index (κ3) is 5.09. The summed E-state index contributed by atoms with van der Waals surface area (Å²) in [6.45, 7) is 5.82. The van der Waals surface area contributed by atoms with Gasteiger partial charge in [0.05, 0.1) is 0 Å². The Morgan fingerprint density at radius 2 is 1.83 bits per heavy atom. The molecule has 0 amide bonds. The quantitative estimate of drug-likeness (QED) is 0.335. The topological polar surface area (TPSA) is 30.9 Å². The van der Waals surface area contributed by atoms with Crippen molar-refractivity contribution in [1.29, 1.82) is 0 Å². The number of para-hydroxylation sites is 1. The van der Waals surface area contributed by atoms with Crippen LogP contribution < -0.4 is 10.2 Å². The Bertz CT molecular complexity index is 524.